The molecule has 2 fully saturated rings. The molecule has 2 bridgehead atoms. The average Bonchev–Trinajstić information content (AvgIpc) is 2.18. The van der Waals surface area contributed by atoms with E-state index in [-0.39, 0.29) is 18.5 Å². The molecule has 3 atom stereocenters. The van der Waals surface area contributed by atoms with Crippen molar-refractivity contribution in [3.63, 3.8) is 0 Å². The van der Waals surface area contributed by atoms with Crippen LogP contribution in [0.25, 0.3) is 0 Å². The quantitative estimate of drug-likeness (QED) is 0.546. The molecule has 1 saturated carbocycles. The molecule has 0 amide bonds. The maximum atomic E-state index is 12.9. The van der Waals surface area contributed by atoms with E-state index in [4.69, 9.17) is 0 Å². The molecule has 1 saturated heterocycles. The largest absolute Gasteiger partial charge is 0.311 e. The third-order valence-electron chi connectivity index (χ3n) is 2.70. The van der Waals surface area contributed by atoms with Crippen molar-refractivity contribution in [2.24, 2.45) is 5.92 Å². The lowest BCUT2D eigenvalue weighted by molar-refractivity contribution is -0.0577. The van der Waals surface area contributed by atoms with Crippen LogP contribution >= 0.6 is 0 Å². The van der Waals surface area contributed by atoms with Crippen LogP contribution in [0, 0.1) is 5.92 Å². The van der Waals surface area contributed by atoms with E-state index in [9.17, 15) is 8.78 Å². The first-order chi connectivity index (χ1) is 4.59. The van der Waals surface area contributed by atoms with Gasteiger partial charge in [0, 0.05) is 24.4 Å². The number of alkyl halides is 2. The lowest BCUT2D eigenvalue weighted by atomic mass is 9.98. The van der Waals surface area contributed by atoms with E-state index in [1.807, 2.05) is 6.92 Å². The fourth-order valence-electron chi connectivity index (χ4n) is 2.23. The molecule has 1 N–H and O–H groups in total. The Kier molecular flexibility index (Phi) is 1.11. The summed E-state index contributed by atoms with van der Waals surface area (Å²) in [5.74, 6) is -2.77. The molecule has 1 nitrogen and oxygen atoms in total. The van der Waals surface area contributed by atoms with Gasteiger partial charge in [-0.25, -0.2) is 8.78 Å². The first kappa shape index (κ1) is 6.53. The lowest BCUT2D eigenvalue weighted by Crippen LogP contribution is -2.43. The van der Waals surface area contributed by atoms with Crippen molar-refractivity contribution in [1.29, 1.82) is 0 Å². The molecule has 0 aromatic heterocycles. The standard InChI is InChI=1S/C7H11F2N/c1-4-6-2-5(10-4)3-7(6,8)9/h4-6,10H,2-3H2,1H3/t4-,5?,6?/m1/s1. The smallest absolute Gasteiger partial charge is 0.253 e. The first-order valence-corrected chi connectivity index (χ1v) is 3.73. The normalized spacial score (nSPS) is 50.1. The van der Waals surface area contributed by atoms with Gasteiger partial charge in [-0.15, -0.1) is 0 Å². The molecule has 58 valence electrons. The van der Waals surface area contributed by atoms with Gasteiger partial charge in [0.05, 0.1) is 0 Å². The number of hydrogen-bond acceptors (Lipinski definition) is 1. The molecule has 0 spiro atoms. The predicted octanol–water partition coefficient (Wildman–Crippen LogP) is 1.39. The van der Waals surface area contributed by atoms with E-state index in [0.29, 0.717) is 6.42 Å². The van der Waals surface area contributed by atoms with Crippen molar-refractivity contribution < 1.29 is 8.78 Å². The SMILES string of the molecule is C[C@H]1NC2CC1C(F)(F)C2. The summed E-state index contributed by atoms with van der Waals surface area (Å²) in [6.45, 7) is 1.84. The van der Waals surface area contributed by atoms with Crippen LogP contribution in [-0.4, -0.2) is 18.0 Å². The summed E-state index contributed by atoms with van der Waals surface area (Å²) < 4.78 is 25.7. The zero-order valence-electron chi connectivity index (χ0n) is 5.90. The van der Waals surface area contributed by atoms with Crippen LogP contribution in [0.15, 0.2) is 0 Å². The molecular weight excluding hydrogens is 136 g/mol. The van der Waals surface area contributed by atoms with E-state index in [2.05, 4.69) is 5.32 Å². The number of rotatable bonds is 0. The number of halogens is 2. The maximum absolute atomic E-state index is 12.9. The van der Waals surface area contributed by atoms with Crippen LogP contribution in [0.4, 0.5) is 8.78 Å². The molecule has 0 aromatic carbocycles. The number of piperidine rings is 1. The molecule has 0 radical (unpaired) electrons. The molecular formula is C7H11F2N. The summed E-state index contributed by atoms with van der Waals surface area (Å²) in [4.78, 5) is 0. The Hall–Kier alpha value is -0.180. The topological polar surface area (TPSA) is 12.0 Å². The van der Waals surface area contributed by atoms with E-state index in [0.717, 1.165) is 0 Å². The van der Waals surface area contributed by atoms with Crippen LogP contribution in [0.2, 0.25) is 0 Å². The molecule has 10 heavy (non-hydrogen) atoms. The molecule has 2 rings (SSSR count). The van der Waals surface area contributed by atoms with Gasteiger partial charge >= 0.3 is 0 Å². The summed E-state index contributed by atoms with van der Waals surface area (Å²) in [7, 11) is 0. The molecule has 1 aliphatic heterocycles. The Morgan fingerprint density at radius 2 is 2.20 bits per heavy atom. The van der Waals surface area contributed by atoms with Gasteiger partial charge in [-0.2, -0.15) is 0 Å². The Morgan fingerprint density at radius 1 is 1.50 bits per heavy atom. The van der Waals surface area contributed by atoms with Crippen LogP contribution < -0.4 is 5.32 Å². The second-order valence-corrected chi connectivity index (χ2v) is 3.46. The molecule has 3 heteroatoms. The summed E-state index contributed by atoms with van der Waals surface area (Å²) in [6, 6.07) is 0.115. The van der Waals surface area contributed by atoms with Crippen molar-refractivity contribution in [1.82, 2.24) is 5.32 Å². The highest BCUT2D eigenvalue weighted by atomic mass is 19.3. The number of hydrogen-bond donors (Lipinski definition) is 1. The van der Waals surface area contributed by atoms with Gasteiger partial charge in [-0.3, -0.25) is 0 Å². The fourth-order valence-corrected chi connectivity index (χ4v) is 2.23. The van der Waals surface area contributed by atoms with Gasteiger partial charge in [0.2, 0.25) is 0 Å². The second-order valence-electron chi connectivity index (χ2n) is 3.46. The van der Waals surface area contributed by atoms with E-state index >= 15 is 0 Å². The van der Waals surface area contributed by atoms with Crippen molar-refractivity contribution in [3.05, 3.63) is 0 Å². The Morgan fingerprint density at radius 3 is 2.50 bits per heavy atom. The van der Waals surface area contributed by atoms with E-state index in [1.165, 1.54) is 0 Å². The number of fused-ring (bicyclic) bond motifs is 2. The highest BCUT2D eigenvalue weighted by Crippen LogP contribution is 2.46. The summed E-state index contributed by atoms with van der Waals surface area (Å²) in [6.07, 6.45) is 0.732. The molecule has 1 aliphatic carbocycles. The van der Waals surface area contributed by atoms with Gasteiger partial charge in [0.1, 0.15) is 0 Å². The summed E-state index contributed by atoms with van der Waals surface area (Å²) in [5, 5.41) is 3.13. The van der Waals surface area contributed by atoms with Crippen LogP contribution in [0.5, 0.6) is 0 Å². The van der Waals surface area contributed by atoms with E-state index in [1.54, 1.807) is 0 Å². The van der Waals surface area contributed by atoms with Gasteiger partial charge in [-0.1, -0.05) is 0 Å². The van der Waals surface area contributed by atoms with Crippen LogP contribution in [-0.2, 0) is 0 Å². The van der Waals surface area contributed by atoms with Gasteiger partial charge in [-0.05, 0) is 13.3 Å². The van der Waals surface area contributed by atoms with Crippen molar-refractivity contribution in [2.45, 2.75) is 37.8 Å². The minimum absolute atomic E-state index is 0.0220. The molecule has 0 aromatic rings. The summed E-state index contributed by atoms with van der Waals surface area (Å²) >= 11 is 0. The Labute approximate surface area is 58.8 Å². The first-order valence-electron chi connectivity index (χ1n) is 3.73. The van der Waals surface area contributed by atoms with Gasteiger partial charge in [0.25, 0.3) is 5.92 Å². The fraction of sp³-hybridized carbons (Fsp3) is 1.00. The Balaban J connectivity index is 2.20. The lowest BCUT2D eigenvalue weighted by Gasteiger charge is -2.27. The monoisotopic (exact) mass is 147 g/mol. The second kappa shape index (κ2) is 1.70. The third kappa shape index (κ3) is 0.698. The minimum atomic E-state index is -2.38. The minimum Gasteiger partial charge on any atom is -0.311 e. The highest BCUT2D eigenvalue weighted by molar-refractivity contribution is 5.04. The summed E-state index contributed by atoms with van der Waals surface area (Å²) in [5.41, 5.74) is 0. The predicted molar refractivity (Wildman–Crippen MR) is 34.1 cm³/mol. The van der Waals surface area contributed by atoms with Crippen molar-refractivity contribution in [2.75, 3.05) is 0 Å². The maximum Gasteiger partial charge on any atom is 0.253 e. The van der Waals surface area contributed by atoms with Crippen molar-refractivity contribution >= 4 is 0 Å². The third-order valence-corrected chi connectivity index (χ3v) is 2.70. The zero-order valence-corrected chi connectivity index (χ0v) is 5.90. The molecule has 1 heterocycles. The number of nitrogens with one attached hydrogen (secondary N) is 1. The van der Waals surface area contributed by atoms with Crippen molar-refractivity contribution in [3.8, 4) is 0 Å². The van der Waals surface area contributed by atoms with Crippen LogP contribution in [0.3, 0.4) is 0 Å². The van der Waals surface area contributed by atoms with E-state index < -0.39 is 11.8 Å². The highest BCUT2D eigenvalue weighted by Gasteiger charge is 2.55. The Bertz CT molecular complexity index is 158. The van der Waals surface area contributed by atoms with Crippen LogP contribution in [0.1, 0.15) is 19.8 Å². The van der Waals surface area contributed by atoms with Gasteiger partial charge in [0.15, 0.2) is 0 Å². The molecule has 2 unspecified atom stereocenters. The average molecular weight is 147 g/mol. The van der Waals surface area contributed by atoms with Gasteiger partial charge < -0.3 is 5.32 Å². The zero-order chi connectivity index (χ0) is 7.35. The molecule has 2 aliphatic rings.